The van der Waals surface area contributed by atoms with Crippen LogP contribution in [0.1, 0.15) is 36.8 Å². The number of carbonyl (C=O) groups is 1. The fourth-order valence-electron chi connectivity index (χ4n) is 6.02. The Labute approximate surface area is 229 Å². The van der Waals surface area contributed by atoms with Crippen LogP contribution in [0, 0.1) is 6.92 Å². The van der Waals surface area contributed by atoms with Crippen LogP contribution in [0.4, 0.5) is 36.8 Å². The molecule has 226 valence electrons. The van der Waals surface area contributed by atoms with Crippen LogP contribution < -0.4 is 4.90 Å². The van der Waals surface area contributed by atoms with E-state index in [2.05, 4.69) is 15.7 Å². The van der Waals surface area contributed by atoms with Crippen LogP contribution in [0.3, 0.4) is 0 Å². The Morgan fingerprint density at radius 1 is 0.950 bits per heavy atom. The number of ether oxygens (including phenoxy) is 1. The van der Waals surface area contributed by atoms with Gasteiger partial charge in [-0.3, -0.25) is 4.90 Å². The fraction of sp³-hybridized carbons (Fsp3) is 0.720. The number of piperidine rings is 1. The van der Waals surface area contributed by atoms with Gasteiger partial charge in [-0.1, -0.05) is 12.1 Å². The molecule has 8 nitrogen and oxygen atoms in total. The van der Waals surface area contributed by atoms with Gasteiger partial charge in [0.2, 0.25) is 10.0 Å². The van der Waals surface area contributed by atoms with Gasteiger partial charge in [-0.15, -0.1) is 0 Å². The van der Waals surface area contributed by atoms with Crippen molar-refractivity contribution in [2.24, 2.45) is 0 Å². The minimum atomic E-state index is -5.76. The molecule has 0 unspecified atom stereocenters. The number of piperazine rings is 1. The van der Waals surface area contributed by atoms with E-state index in [9.17, 15) is 39.6 Å². The summed E-state index contributed by atoms with van der Waals surface area (Å²) >= 11 is 0. The summed E-state index contributed by atoms with van der Waals surface area (Å²) in [6, 6.07) is 6.03. The summed E-state index contributed by atoms with van der Waals surface area (Å²) in [5, 5.41) is 0. The van der Waals surface area contributed by atoms with Crippen LogP contribution in [0.25, 0.3) is 0 Å². The highest BCUT2D eigenvalue weighted by molar-refractivity contribution is 7.88. The van der Waals surface area contributed by atoms with E-state index in [1.54, 1.807) is 4.31 Å². The van der Waals surface area contributed by atoms with Crippen molar-refractivity contribution >= 4 is 21.8 Å². The Balaban J connectivity index is 1.37. The number of alkyl halides is 6. The van der Waals surface area contributed by atoms with Crippen molar-refractivity contribution in [3.63, 3.8) is 0 Å². The Morgan fingerprint density at radius 2 is 1.55 bits per heavy atom. The maximum absolute atomic E-state index is 12.8. The second kappa shape index (κ2) is 11.2. The van der Waals surface area contributed by atoms with Gasteiger partial charge in [-0.25, -0.2) is 13.2 Å². The largest absolute Gasteiger partial charge is 0.434 e. The van der Waals surface area contributed by atoms with Crippen LogP contribution in [0.5, 0.6) is 0 Å². The molecule has 1 aromatic rings. The molecular formula is C25H34F6N4O4S. The molecule has 0 atom stereocenters. The second-order valence-corrected chi connectivity index (χ2v) is 12.8. The first-order valence-electron chi connectivity index (χ1n) is 13.1. The third-order valence-electron chi connectivity index (χ3n) is 8.05. The predicted molar refractivity (Wildman–Crippen MR) is 135 cm³/mol. The van der Waals surface area contributed by atoms with Gasteiger partial charge in [0, 0.05) is 63.6 Å². The van der Waals surface area contributed by atoms with Gasteiger partial charge in [-0.05, 0) is 49.8 Å². The van der Waals surface area contributed by atoms with E-state index in [4.69, 9.17) is 0 Å². The standard InChI is InChI=1S/C25H34F6N4O4S/c1-18-4-5-19(20(16-18)33-10-7-23(8-11-33)6-3-9-35(23)40(2,37)38)17-32-12-14-34(15-13-32)22(36)39-21(24(26,27)28)25(29,30)31/h4-5,16,21H,3,6-15,17H2,1-2H3. The molecule has 0 saturated carbocycles. The van der Waals surface area contributed by atoms with Gasteiger partial charge < -0.3 is 14.5 Å². The van der Waals surface area contributed by atoms with Crippen molar-refractivity contribution in [2.75, 3.05) is 57.0 Å². The van der Waals surface area contributed by atoms with Crippen LogP contribution in [-0.4, -0.2) is 105 Å². The van der Waals surface area contributed by atoms with Crippen molar-refractivity contribution in [2.45, 2.75) is 63.1 Å². The van der Waals surface area contributed by atoms with Gasteiger partial charge >= 0.3 is 18.4 Å². The van der Waals surface area contributed by atoms with E-state index in [1.807, 2.05) is 24.0 Å². The van der Waals surface area contributed by atoms with E-state index in [0.29, 0.717) is 39.0 Å². The van der Waals surface area contributed by atoms with E-state index in [0.717, 1.165) is 34.6 Å². The first-order valence-corrected chi connectivity index (χ1v) is 15.0. The highest BCUT2D eigenvalue weighted by Crippen LogP contribution is 2.41. The third-order valence-corrected chi connectivity index (χ3v) is 9.42. The van der Waals surface area contributed by atoms with Crippen molar-refractivity contribution < 1.29 is 44.3 Å². The quantitative estimate of drug-likeness (QED) is 0.474. The van der Waals surface area contributed by atoms with Gasteiger partial charge in [0.1, 0.15) is 0 Å². The van der Waals surface area contributed by atoms with Crippen molar-refractivity contribution in [3.8, 4) is 0 Å². The fourth-order valence-corrected chi connectivity index (χ4v) is 7.46. The maximum atomic E-state index is 12.8. The van der Waals surface area contributed by atoms with Crippen LogP contribution in [-0.2, 0) is 21.3 Å². The van der Waals surface area contributed by atoms with Gasteiger partial charge in [0.15, 0.2) is 0 Å². The van der Waals surface area contributed by atoms with E-state index in [-0.39, 0.29) is 31.7 Å². The van der Waals surface area contributed by atoms with Crippen molar-refractivity contribution in [1.29, 1.82) is 0 Å². The molecule has 3 fully saturated rings. The molecule has 3 aliphatic rings. The molecule has 1 spiro atoms. The summed E-state index contributed by atoms with van der Waals surface area (Å²) in [7, 11) is -3.30. The molecule has 4 rings (SSSR count). The molecule has 1 amide bonds. The third kappa shape index (κ3) is 6.78. The van der Waals surface area contributed by atoms with E-state index >= 15 is 0 Å². The maximum Gasteiger partial charge on any atom is 0.434 e. The van der Waals surface area contributed by atoms with Crippen LogP contribution >= 0.6 is 0 Å². The lowest BCUT2D eigenvalue weighted by Gasteiger charge is -2.45. The number of hydrogen-bond donors (Lipinski definition) is 0. The normalized spacial score (nSPS) is 21.4. The molecule has 40 heavy (non-hydrogen) atoms. The smallest absolute Gasteiger partial charge is 0.426 e. The highest BCUT2D eigenvalue weighted by Gasteiger charge is 2.60. The lowest BCUT2D eigenvalue weighted by atomic mass is 9.85. The molecule has 15 heteroatoms. The number of anilines is 1. The zero-order chi connectivity index (χ0) is 29.5. The summed E-state index contributed by atoms with van der Waals surface area (Å²) in [6.45, 7) is 4.70. The number of carbonyl (C=O) groups excluding carboxylic acids is 1. The minimum Gasteiger partial charge on any atom is -0.426 e. The van der Waals surface area contributed by atoms with Gasteiger partial charge in [0.25, 0.3) is 6.10 Å². The van der Waals surface area contributed by atoms with Gasteiger partial charge in [0.05, 0.1) is 6.26 Å². The Kier molecular flexibility index (Phi) is 8.59. The monoisotopic (exact) mass is 600 g/mol. The van der Waals surface area contributed by atoms with Gasteiger partial charge in [-0.2, -0.15) is 30.6 Å². The average Bonchev–Trinajstić information content (AvgIpc) is 3.26. The number of halogens is 6. The summed E-state index contributed by atoms with van der Waals surface area (Å²) in [4.78, 5) is 17.2. The van der Waals surface area contributed by atoms with E-state index < -0.39 is 34.6 Å². The molecule has 0 aliphatic carbocycles. The highest BCUT2D eigenvalue weighted by atomic mass is 32.2. The number of sulfonamides is 1. The number of hydrogen-bond acceptors (Lipinski definition) is 6. The lowest BCUT2D eigenvalue weighted by molar-refractivity contribution is -0.308. The first-order chi connectivity index (χ1) is 18.5. The number of rotatable bonds is 5. The molecule has 3 saturated heterocycles. The topological polar surface area (TPSA) is 73.4 Å². The number of benzene rings is 1. The molecule has 0 aromatic heterocycles. The molecule has 1 aromatic carbocycles. The van der Waals surface area contributed by atoms with E-state index in [1.165, 1.54) is 6.26 Å². The number of aryl methyl sites for hydroxylation is 1. The first kappa shape index (κ1) is 30.7. The summed E-state index contributed by atoms with van der Waals surface area (Å²) in [5.41, 5.74) is 2.71. The molecule has 3 heterocycles. The lowest BCUT2D eigenvalue weighted by Crippen LogP contribution is -2.54. The Morgan fingerprint density at radius 3 is 2.10 bits per heavy atom. The molecule has 0 radical (unpaired) electrons. The Hall–Kier alpha value is -2.26. The Bertz CT molecular complexity index is 1160. The second-order valence-electron chi connectivity index (χ2n) is 10.9. The molecule has 0 bridgehead atoms. The minimum absolute atomic E-state index is 0.0734. The average molecular weight is 601 g/mol. The van der Waals surface area contributed by atoms with Crippen LogP contribution in [0.15, 0.2) is 18.2 Å². The molecule has 0 N–H and O–H groups in total. The summed E-state index contributed by atoms with van der Waals surface area (Å²) < 4.78 is 107. The van der Waals surface area contributed by atoms with Crippen molar-refractivity contribution in [1.82, 2.24) is 14.1 Å². The molecule has 3 aliphatic heterocycles. The number of nitrogens with zero attached hydrogens (tertiary/aromatic N) is 4. The van der Waals surface area contributed by atoms with Crippen LogP contribution in [0.2, 0.25) is 0 Å². The van der Waals surface area contributed by atoms with Crippen molar-refractivity contribution in [3.05, 3.63) is 29.3 Å². The molecular weight excluding hydrogens is 566 g/mol. The zero-order valence-electron chi connectivity index (χ0n) is 22.4. The summed E-state index contributed by atoms with van der Waals surface area (Å²) in [6.07, 6.45) is -13.0. The summed E-state index contributed by atoms with van der Waals surface area (Å²) in [5.74, 6) is 0. The predicted octanol–water partition coefficient (Wildman–Crippen LogP) is 4.14. The SMILES string of the molecule is Cc1ccc(CN2CCN(C(=O)OC(C(F)(F)F)C(F)(F)F)CC2)c(N2CCC3(CCCN3S(C)(=O)=O)CC2)c1. The zero-order valence-corrected chi connectivity index (χ0v) is 23.2. The number of amides is 1.